The van der Waals surface area contributed by atoms with Crippen molar-refractivity contribution in [1.29, 1.82) is 0 Å². The zero-order valence-corrected chi connectivity index (χ0v) is 18.7. The second-order valence-electron chi connectivity index (χ2n) is 8.91. The number of esters is 1. The van der Waals surface area contributed by atoms with E-state index in [1.807, 2.05) is 0 Å². The number of hydrogen-bond acceptors (Lipinski definition) is 3. The number of carbonyl (C=O) groups excluding carboxylic acids is 2. The van der Waals surface area contributed by atoms with Crippen molar-refractivity contribution in [1.82, 2.24) is 0 Å². The molecular formula is C23H46NO3+. The van der Waals surface area contributed by atoms with Gasteiger partial charge >= 0.3 is 5.97 Å². The zero-order valence-electron chi connectivity index (χ0n) is 18.7. The molecule has 0 unspecified atom stereocenters. The van der Waals surface area contributed by atoms with Gasteiger partial charge in [-0.15, -0.1) is 0 Å². The van der Waals surface area contributed by atoms with Crippen LogP contribution < -0.4 is 0 Å². The molecule has 0 aromatic heterocycles. The summed E-state index contributed by atoms with van der Waals surface area (Å²) in [5.74, 6) is 0.405. The van der Waals surface area contributed by atoms with Crippen LogP contribution in [-0.2, 0) is 14.3 Å². The number of ether oxygens (including phenoxy) is 1. The number of quaternary nitrogens is 1. The molecule has 27 heavy (non-hydrogen) atoms. The lowest BCUT2D eigenvalue weighted by Gasteiger charge is -2.23. The van der Waals surface area contributed by atoms with Crippen LogP contribution in [0.15, 0.2) is 0 Å². The standard InChI is InChI=1S/C23H46NO3/c1-5-6-7-14-17-22(25)18-15-12-10-8-9-11-13-16-19-23(26)27-21-20-24(2,3)4/h5-21H2,1-4H3/q+1. The molecular weight excluding hydrogens is 338 g/mol. The molecule has 0 aromatic carbocycles. The highest BCUT2D eigenvalue weighted by atomic mass is 16.5. The molecule has 0 heterocycles. The summed E-state index contributed by atoms with van der Waals surface area (Å²) in [6.45, 7) is 3.57. The molecule has 0 aliphatic heterocycles. The van der Waals surface area contributed by atoms with Crippen molar-refractivity contribution < 1.29 is 18.8 Å². The summed E-state index contributed by atoms with van der Waals surface area (Å²) in [6.07, 6.45) is 16.1. The number of ketones is 1. The molecule has 0 aromatic rings. The minimum atomic E-state index is -0.0530. The number of rotatable bonds is 19. The Kier molecular flexibility index (Phi) is 16.6. The van der Waals surface area contributed by atoms with E-state index in [1.165, 1.54) is 51.4 Å². The van der Waals surface area contributed by atoms with Crippen molar-refractivity contribution in [2.24, 2.45) is 0 Å². The van der Waals surface area contributed by atoms with E-state index in [0.717, 1.165) is 49.6 Å². The van der Waals surface area contributed by atoms with Gasteiger partial charge in [0.2, 0.25) is 0 Å². The number of Topliss-reactive ketones (excluding diaryl/α,β-unsaturated/α-hetero) is 1. The average Bonchev–Trinajstić information content (AvgIpc) is 2.59. The van der Waals surface area contributed by atoms with Crippen LogP contribution in [0.2, 0.25) is 0 Å². The normalized spacial score (nSPS) is 11.6. The lowest BCUT2D eigenvalue weighted by Crippen LogP contribution is -2.37. The number of likely N-dealkylation sites (N-methyl/N-ethyl adjacent to an activating group) is 1. The van der Waals surface area contributed by atoms with Gasteiger partial charge < -0.3 is 9.22 Å². The molecule has 0 saturated carbocycles. The Morgan fingerprint density at radius 3 is 1.59 bits per heavy atom. The van der Waals surface area contributed by atoms with E-state index in [1.54, 1.807) is 0 Å². The maximum atomic E-state index is 11.7. The minimum absolute atomic E-state index is 0.0530. The van der Waals surface area contributed by atoms with Crippen LogP contribution in [0.4, 0.5) is 0 Å². The van der Waals surface area contributed by atoms with Gasteiger partial charge in [-0.25, -0.2) is 0 Å². The van der Waals surface area contributed by atoms with Crippen molar-refractivity contribution in [3.63, 3.8) is 0 Å². The molecule has 0 spiro atoms. The quantitative estimate of drug-likeness (QED) is 0.163. The molecule has 0 aliphatic rings. The smallest absolute Gasteiger partial charge is 0.305 e. The average molecular weight is 385 g/mol. The highest BCUT2D eigenvalue weighted by molar-refractivity contribution is 5.78. The SMILES string of the molecule is CCCCCCC(=O)CCCCCCCCCCC(=O)OCC[N+](C)(C)C. The second-order valence-corrected chi connectivity index (χ2v) is 8.91. The van der Waals surface area contributed by atoms with E-state index >= 15 is 0 Å². The van der Waals surface area contributed by atoms with Gasteiger partial charge in [0.15, 0.2) is 0 Å². The summed E-state index contributed by atoms with van der Waals surface area (Å²) in [6, 6.07) is 0. The fraction of sp³-hybridized carbons (Fsp3) is 0.913. The van der Waals surface area contributed by atoms with Crippen LogP contribution in [0.25, 0.3) is 0 Å². The number of hydrogen-bond donors (Lipinski definition) is 0. The van der Waals surface area contributed by atoms with Gasteiger partial charge in [-0.05, 0) is 19.3 Å². The molecule has 0 bridgehead atoms. The van der Waals surface area contributed by atoms with E-state index in [2.05, 4.69) is 28.1 Å². The highest BCUT2D eigenvalue weighted by Crippen LogP contribution is 2.12. The van der Waals surface area contributed by atoms with Gasteiger partial charge in [-0.3, -0.25) is 9.59 Å². The third-order valence-corrected chi connectivity index (χ3v) is 4.92. The molecule has 0 rings (SSSR count). The van der Waals surface area contributed by atoms with Gasteiger partial charge in [-0.2, -0.15) is 0 Å². The van der Waals surface area contributed by atoms with Crippen LogP contribution >= 0.6 is 0 Å². The lowest BCUT2D eigenvalue weighted by atomic mass is 10.0. The highest BCUT2D eigenvalue weighted by Gasteiger charge is 2.09. The molecule has 0 saturated heterocycles. The molecule has 0 aliphatic carbocycles. The fourth-order valence-corrected chi connectivity index (χ4v) is 3.03. The van der Waals surface area contributed by atoms with Crippen LogP contribution in [0.5, 0.6) is 0 Å². The van der Waals surface area contributed by atoms with Gasteiger partial charge in [0.1, 0.15) is 18.9 Å². The molecule has 0 amide bonds. The van der Waals surface area contributed by atoms with Crippen molar-refractivity contribution in [2.45, 2.75) is 103 Å². The third-order valence-electron chi connectivity index (χ3n) is 4.92. The summed E-state index contributed by atoms with van der Waals surface area (Å²) < 4.78 is 6.08. The summed E-state index contributed by atoms with van der Waals surface area (Å²) >= 11 is 0. The molecule has 0 atom stereocenters. The summed E-state index contributed by atoms with van der Waals surface area (Å²) in [4.78, 5) is 23.4. The molecule has 0 radical (unpaired) electrons. The van der Waals surface area contributed by atoms with E-state index in [0.29, 0.717) is 18.8 Å². The van der Waals surface area contributed by atoms with Crippen molar-refractivity contribution in [3.8, 4) is 0 Å². The Morgan fingerprint density at radius 2 is 1.11 bits per heavy atom. The molecule has 160 valence electrons. The minimum Gasteiger partial charge on any atom is -0.460 e. The van der Waals surface area contributed by atoms with E-state index in [4.69, 9.17) is 4.74 Å². The van der Waals surface area contributed by atoms with Gasteiger partial charge in [0.05, 0.1) is 21.1 Å². The summed E-state index contributed by atoms with van der Waals surface area (Å²) in [5.41, 5.74) is 0. The fourth-order valence-electron chi connectivity index (χ4n) is 3.03. The molecule has 4 heteroatoms. The number of nitrogens with zero attached hydrogens (tertiary/aromatic N) is 1. The lowest BCUT2D eigenvalue weighted by molar-refractivity contribution is -0.870. The molecule has 0 fully saturated rings. The Morgan fingerprint density at radius 1 is 0.667 bits per heavy atom. The predicted molar refractivity (Wildman–Crippen MR) is 114 cm³/mol. The van der Waals surface area contributed by atoms with Crippen molar-refractivity contribution >= 4 is 11.8 Å². The van der Waals surface area contributed by atoms with Gasteiger partial charge in [0.25, 0.3) is 0 Å². The Hall–Kier alpha value is -0.900. The predicted octanol–water partition coefficient (Wildman–Crippen LogP) is 5.68. The topological polar surface area (TPSA) is 43.4 Å². The monoisotopic (exact) mass is 384 g/mol. The van der Waals surface area contributed by atoms with Crippen molar-refractivity contribution in [2.75, 3.05) is 34.3 Å². The van der Waals surface area contributed by atoms with Crippen LogP contribution in [0.3, 0.4) is 0 Å². The van der Waals surface area contributed by atoms with Gasteiger partial charge in [0, 0.05) is 19.3 Å². The first kappa shape index (κ1) is 26.1. The first-order valence-electron chi connectivity index (χ1n) is 11.3. The Labute approximate surface area is 168 Å². The zero-order chi connectivity index (χ0) is 20.4. The third kappa shape index (κ3) is 21.3. The van der Waals surface area contributed by atoms with Gasteiger partial charge in [-0.1, -0.05) is 64.7 Å². The Bertz CT molecular complexity index is 374. The van der Waals surface area contributed by atoms with Crippen LogP contribution in [-0.4, -0.2) is 50.5 Å². The molecule has 4 nitrogen and oxygen atoms in total. The first-order chi connectivity index (χ1) is 12.8. The maximum absolute atomic E-state index is 11.7. The van der Waals surface area contributed by atoms with E-state index in [-0.39, 0.29) is 5.97 Å². The van der Waals surface area contributed by atoms with E-state index in [9.17, 15) is 9.59 Å². The Balaban J connectivity index is 3.29. The second kappa shape index (κ2) is 17.2. The number of carbonyl (C=O) groups is 2. The maximum Gasteiger partial charge on any atom is 0.305 e. The van der Waals surface area contributed by atoms with Crippen LogP contribution in [0.1, 0.15) is 103 Å². The van der Waals surface area contributed by atoms with Crippen LogP contribution in [0, 0.1) is 0 Å². The largest absolute Gasteiger partial charge is 0.460 e. The summed E-state index contributed by atoms with van der Waals surface area (Å²) in [7, 11) is 6.29. The molecule has 0 N–H and O–H groups in total. The van der Waals surface area contributed by atoms with E-state index < -0.39 is 0 Å². The summed E-state index contributed by atoms with van der Waals surface area (Å²) in [5, 5.41) is 0. The first-order valence-corrected chi connectivity index (χ1v) is 11.3. The van der Waals surface area contributed by atoms with Crippen molar-refractivity contribution in [3.05, 3.63) is 0 Å². The number of unbranched alkanes of at least 4 members (excludes halogenated alkanes) is 10.